The smallest absolute Gasteiger partial charge is 0.235 e. The molecule has 2 amide bonds. The third-order valence-corrected chi connectivity index (χ3v) is 8.05. The number of para-hydroxylation sites is 4. The van der Waals surface area contributed by atoms with Gasteiger partial charge in [-0.25, -0.2) is 0 Å². The van der Waals surface area contributed by atoms with E-state index < -0.39 is 47.4 Å². The monoisotopic (exact) mass is 582 g/mol. The molecule has 1 saturated carbocycles. The van der Waals surface area contributed by atoms with Crippen LogP contribution in [0, 0.1) is 11.8 Å². The van der Waals surface area contributed by atoms with Crippen molar-refractivity contribution in [1.29, 1.82) is 0 Å². The highest BCUT2D eigenvalue weighted by atomic mass is 16.5. The molecule has 0 heterocycles. The topological polar surface area (TPSA) is 123 Å². The van der Waals surface area contributed by atoms with Crippen LogP contribution in [0.1, 0.15) is 24.8 Å². The fourth-order valence-electron chi connectivity index (χ4n) is 6.15. The molecule has 43 heavy (non-hydrogen) atoms. The van der Waals surface area contributed by atoms with E-state index in [4.69, 9.17) is 14.2 Å². The number of carbonyl (C=O) groups is 3. The van der Waals surface area contributed by atoms with Crippen LogP contribution in [-0.2, 0) is 14.4 Å². The van der Waals surface area contributed by atoms with Gasteiger partial charge >= 0.3 is 0 Å². The van der Waals surface area contributed by atoms with E-state index >= 15 is 0 Å². The van der Waals surface area contributed by atoms with Crippen molar-refractivity contribution in [3.8, 4) is 17.2 Å². The van der Waals surface area contributed by atoms with Crippen molar-refractivity contribution in [2.75, 3.05) is 32.0 Å². The average molecular weight is 583 g/mol. The number of carbonyl (C=O) groups excluding carboxylic acids is 3. The zero-order chi connectivity index (χ0) is 30.7. The molecule has 9 heteroatoms. The molecule has 1 aliphatic carbocycles. The van der Waals surface area contributed by atoms with E-state index in [-0.39, 0.29) is 0 Å². The van der Waals surface area contributed by atoms with Crippen molar-refractivity contribution in [3.63, 3.8) is 0 Å². The van der Waals surface area contributed by atoms with Gasteiger partial charge in [-0.3, -0.25) is 14.4 Å². The maximum atomic E-state index is 14.3. The summed E-state index contributed by atoms with van der Waals surface area (Å²) < 4.78 is 16.6. The summed E-state index contributed by atoms with van der Waals surface area (Å²) >= 11 is 0. The Morgan fingerprint density at radius 1 is 0.744 bits per heavy atom. The molecule has 4 aromatic carbocycles. The Balaban J connectivity index is 1.71. The predicted molar refractivity (Wildman–Crippen MR) is 164 cm³/mol. The second-order valence-electron chi connectivity index (χ2n) is 10.8. The molecule has 1 fully saturated rings. The number of methoxy groups -OCH3 is 3. The maximum absolute atomic E-state index is 14.3. The summed E-state index contributed by atoms with van der Waals surface area (Å²) in [5.74, 6) is -4.18. The molecule has 5 rings (SSSR count). The van der Waals surface area contributed by atoms with E-state index in [1.54, 1.807) is 54.6 Å². The second kappa shape index (κ2) is 12.1. The molecule has 0 saturated heterocycles. The van der Waals surface area contributed by atoms with E-state index in [0.29, 0.717) is 39.6 Å². The quantitative estimate of drug-likeness (QED) is 0.245. The lowest BCUT2D eigenvalue weighted by molar-refractivity contribution is -0.150. The van der Waals surface area contributed by atoms with Crippen LogP contribution in [0.25, 0.3) is 10.8 Å². The highest BCUT2D eigenvalue weighted by Crippen LogP contribution is 2.51. The van der Waals surface area contributed by atoms with Gasteiger partial charge in [0.2, 0.25) is 11.8 Å². The van der Waals surface area contributed by atoms with Gasteiger partial charge < -0.3 is 30.0 Å². The Kier molecular flexibility index (Phi) is 8.36. The van der Waals surface area contributed by atoms with Crippen LogP contribution in [0.2, 0.25) is 0 Å². The number of aliphatic hydroxyl groups is 1. The summed E-state index contributed by atoms with van der Waals surface area (Å²) in [6.45, 7) is 1.45. The molecule has 0 radical (unpaired) electrons. The number of Topliss-reactive ketones (excluding diaryl/α,β-unsaturated/α-hetero) is 1. The number of nitrogens with one attached hydrogen (secondary N) is 2. The van der Waals surface area contributed by atoms with Gasteiger partial charge in [0, 0.05) is 17.9 Å². The molecule has 9 nitrogen and oxygen atoms in total. The molecule has 222 valence electrons. The molecule has 0 aromatic heterocycles. The minimum Gasteiger partial charge on any atom is -0.496 e. The van der Waals surface area contributed by atoms with Crippen molar-refractivity contribution >= 4 is 39.7 Å². The average Bonchev–Trinajstić information content (AvgIpc) is 3.00. The van der Waals surface area contributed by atoms with Gasteiger partial charge in [0.15, 0.2) is 0 Å². The largest absolute Gasteiger partial charge is 0.496 e. The minimum absolute atomic E-state index is 0.374. The molecule has 0 aliphatic heterocycles. The first-order valence-electron chi connectivity index (χ1n) is 13.9. The van der Waals surface area contributed by atoms with Crippen molar-refractivity contribution < 1.29 is 33.7 Å². The van der Waals surface area contributed by atoms with Crippen molar-refractivity contribution in [2.45, 2.75) is 24.9 Å². The number of hydrogen-bond acceptors (Lipinski definition) is 7. The van der Waals surface area contributed by atoms with Gasteiger partial charge in [-0.2, -0.15) is 0 Å². The van der Waals surface area contributed by atoms with Crippen LogP contribution >= 0.6 is 0 Å². The maximum Gasteiger partial charge on any atom is 0.235 e. The standard InChI is InChI=1S/C34H34N2O7/c1-34(40)19-24(37)29(32(38)35-22-13-7-9-15-25(22)41-2)30(28-21-12-6-5-11-20(21)17-18-27(28)43-4)31(34)33(39)36-23-14-8-10-16-26(23)42-3/h5-18,29-31,40H,19H2,1-4H3,(H,35,38)(H,36,39). The fraction of sp³-hybridized carbons (Fsp3) is 0.265. The first-order chi connectivity index (χ1) is 20.7. The lowest BCUT2D eigenvalue weighted by Crippen LogP contribution is -2.56. The molecule has 4 aromatic rings. The molecular weight excluding hydrogens is 548 g/mol. The molecule has 4 unspecified atom stereocenters. The Labute approximate surface area is 249 Å². The zero-order valence-corrected chi connectivity index (χ0v) is 24.4. The van der Waals surface area contributed by atoms with E-state index in [2.05, 4.69) is 10.6 Å². The molecule has 0 spiro atoms. The van der Waals surface area contributed by atoms with Crippen molar-refractivity contribution in [3.05, 3.63) is 90.5 Å². The Hall–Kier alpha value is -4.89. The van der Waals surface area contributed by atoms with Crippen LogP contribution in [-0.4, -0.2) is 49.6 Å². The van der Waals surface area contributed by atoms with E-state index in [1.165, 1.54) is 28.3 Å². The van der Waals surface area contributed by atoms with Crippen LogP contribution in [0.4, 0.5) is 11.4 Å². The SMILES string of the molecule is COc1ccccc1NC(=O)C1C(=O)CC(C)(O)C(C(=O)Nc2ccccc2OC)C1c1c(OC)ccc2ccccc12. The third-order valence-electron chi connectivity index (χ3n) is 8.05. The highest BCUT2D eigenvalue weighted by molar-refractivity contribution is 6.11. The van der Waals surface area contributed by atoms with Crippen molar-refractivity contribution in [1.82, 2.24) is 0 Å². The van der Waals surface area contributed by atoms with Crippen LogP contribution < -0.4 is 24.8 Å². The molecule has 1 aliphatic rings. The first-order valence-corrected chi connectivity index (χ1v) is 13.9. The number of benzene rings is 4. The van der Waals surface area contributed by atoms with E-state index in [0.717, 1.165) is 5.39 Å². The number of fused-ring (bicyclic) bond motifs is 1. The summed E-state index contributed by atoms with van der Waals surface area (Å²) in [5, 5.41) is 19.1. The van der Waals surface area contributed by atoms with E-state index in [9.17, 15) is 19.5 Å². The summed E-state index contributed by atoms with van der Waals surface area (Å²) in [6.07, 6.45) is -0.412. The second-order valence-corrected chi connectivity index (χ2v) is 10.8. The first kappa shape index (κ1) is 29.6. The number of amides is 2. The van der Waals surface area contributed by atoms with Gasteiger partial charge in [-0.1, -0.05) is 54.6 Å². The van der Waals surface area contributed by atoms with Crippen LogP contribution in [0.5, 0.6) is 17.2 Å². The van der Waals surface area contributed by atoms with Crippen LogP contribution in [0.3, 0.4) is 0 Å². The van der Waals surface area contributed by atoms with E-state index in [1.807, 2.05) is 30.3 Å². The predicted octanol–water partition coefficient (Wildman–Crippen LogP) is 5.18. The van der Waals surface area contributed by atoms with Crippen LogP contribution in [0.15, 0.2) is 84.9 Å². The normalized spacial score (nSPS) is 21.6. The number of rotatable bonds is 8. The lowest BCUT2D eigenvalue weighted by Gasteiger charge is -2.45. The van der Waals surface area contributed by atoms with Gasteiger partial charge in [0.05, 0.1) is 44.2 Å². The number of anilines is 2. The van der Waals surface area contributed by atoms with Gasteiger partial charge in [0.1, 0.15) is 28.9 Å². The Morgan fingerprint density at radius 3 is 1.88 bits per heavy atom. The van der Waals surface area contributed by atoms with Gasteiger partial charge in [0.25, 0.3) is 0 Å². The molecular formula is C34H34N2O7. The number of hydrogen-bond donors (Lipinski definition) is 3. The number of ether oxygens (including phenoxy) is 3. The fourth-order valence-corrected chi connectivity index (χ4v) is 6.15. The molecule has 4 atom stereocenters. The summed E-state index contributed by atoms with van der Waals surface area (Å²) in [6, 6.07) is 24.8. The Bertz CT molecular complexity index is 1680. The minimum atomic E-state index is -1.81. The summed E-state index contributed by atoms with van der Waals surface area (Å²) in [4.78, 5) is 42.3. The lowest BCUT2D eigenvalue weighted by atomic mass is 9.60. The zero-order valence-electron chi connectivity index (χ0n) is 24.4. The van der Waals surface area contributed by atoms with Gasteiger partial charge in [-0.15, -0.1) is 0 Å². The van der Waals surface area contributed by atoms with Gasteiger partial charge in [-0.05, 0) is 48.0 Å². The molecule has 3 N–H and O–H groups in total. The highest BCUT2D eigenvalue weighted by Gasteiger charge is 2.57. The summed E-state index contributed by atoms with van der Waals surface area (Å²) in [5.41, 5.74) is -0.564. The third kappa shape index (κ3) is 5.63. The van der Waals surface area contributed by atoms with Crippen molar-refractivity contribution in [2.24, 2.45) is 11.8 Å². The Morgan fingerprint density at radius 2 is 1.28 bits per heavy atom. The molecule has 0 bridgehead atoms. The summed E-state index contributed by atoms with van der Waals surface area (Å²) in [7, 11) is 4.46. The number of ketones is 1.